The standard InChI is InChI=1S/C14H12ClN5O2S/c1-23-14-19-18-11(6-9-7-12(21)17-13(22)16-9)20(14)10-4-2-8(15)3-5-10/h2-5,7H,6H2,1H3,(H2,16,17,21,22). The van der Waals surface area contributed by atoms with Gasteiger partial charge in [0.1, 0.15) is 5.82 Å². The Kier molecular flexibility index (Phi) is 4.35. The molecular weight excluding hydrogens is 338 g/mol. The zero-order chi connectivity index (χ0) is 16.4. The molecule has 0 atom stereocenters. The van der Waals surface area contributed by atoms with E-state index >= 15 is 0 Å². The Hall–Kier alpha value is -2.32. The minimum Gasteiger partial charge on any atom is -0.311 e. The zero-order valence-electron chi connectivity index (χ0n) is 12.0. The molecule has 9 heteroatoms. The lowest BCUT2D eigenvalue weighted by Gasteiger charge is -2.09. The average Bonchev–Trinajstić information content (AvgIpc) is 2.90. The molecule has 0 saturated carbocycles. The van der Waals surface area contributed by atoms with Crippen LogP contribution in [-0.2, 0) is 6.42 Å². The first-order valence-electron chi connectivity index (χ1n) is 6.63. The van der Waals surface area contributed by atoms with Crippen LogP contribution in [0.3, 0.4) is 0 Å². The van der Waals surface area contributed by atoms with Crippen LogP contribution in [0.1, 0.15) is 11.5 Å². The van der Waals surface area contributed by atoms with Crippen LogP contribution in [0.4, 0.5) is 0 Å². The van der Waals surface area contributed by atoms with Crippen molar-refractivity contribution < 1.29 is 0 Å². The summed E-state index contributed by atoms with van der Waals surface area (Å²) in [4.78, 5) is 27.5. The van der Waals surface area contributed by atoms with E-state index in [0.717, 1.165) is 5.69 Å². The quantitative estimate of drug-likeness (QED) is 0.697. The fourth-order valence-corrected chi connectivity index (χ4v) is 2.82. The number of hydrogen-bond acceptors (Lipinski definition) is 5. The lowest BCUT2D eigenvalue weighted by molar-refractivity contribution is 0.830. The molecule has 0 saturated heterocycles. The van der Waals surface area contributed by atoms with Crippen LogP contribution in [0, 0.1) is 0 Å². The van der Waals surface area contributed by atoms with Crippen LogP contribution < -0.4 is 11.2 Å². The van der Waals surface area contributed by atoms with Gasteiger partial charge in [0.25, 0.3) is 5.56 Å². The number of benzene rings is 1. The van der Waals surface area contributed by atoms with Crippen molar-refractivity contribution in [3.8, 4) is 5.69 Å². The van der Waals surface area contributed by atoms with Crippen LogP contribution in [-0.4, -0.2) is 31.0 Å². The molecule has 2 N–H and O–H groups in total. The second kappa shape index (κ2) is 6.43. The van der Waals surface area contributed by atoms with Gasteiger partial charge in [0.05, 0.1) is 0 Å². The Balaban J connectivity index is 2.06. The molecule has 7 nitrogen and oxygen atoms in total. The Morgan fingerprint density at radius 3 is 2.57 bits per heavy atom. The summed E-state index contributed by atoms with van der Waals surface area (Å²) < 4.78 is 1.86. The molecule has 1 aromatic carbocycles. The maximum absolute atomic E-state index is 11.4. The lowest BCUT2D eigenvalue weighted by atomic mass is 10.2. The molecule has 0 aliphatic heterocycles. The van der Waals surface area contributed by atoms with E-state index in [1.807, 2.05) is 23.0 Å². The number of thioether (sulfide) groups is 1. The van der Waals surface area contributed by atoms with Gasteiger partial charge in [-0.1, -0.05) is 23.4 Å². The summed E-state index contributed by atoms with van der Waals surface area (Å²) in [7, 11) is 0. The van der Waals surface area contributed by atoms with Crippen LogP contribution in [0.25, 0.3) is 5.69 Å². The number of rotatable bonds is 4. The van der Waals surface area contributed by atoms with Crippen LogP contribution in [0.5, 0.6) is 0 Å². The van der Waals surface area contributed by atoms with Crippen molar-refractivity contribution in [2.75, 3.05) is 6.26 Å². The summed E-state index contributed by atoms with van der Waals surface area (Å²) in [6, 6.07) is 8.60. The Labute approximate surface area is 139 Å². The molecule has 118 valence electrons. The molecule has 2 heterocycles. The summed E-state index contributed by atoms with van der Waals surface area (Å²) in [5.74, 6) is 0.609. The number of hydrogen-bond donors (Lipinski definition) is 2. The normalized spacial score (nSPS) is 10.9. The molecule has 3 aromatic rings. The van der Waals surface area contributed by atoms with E-state index in [1.165, 1.54) is 17.8 Å². The van der Waals surface area contributed by atoms with E-state index in [-0.39, 0.29) is 6.42 Å². The average molecular weight is 350 g/mol. The second-order valence-corrected chi connectivity index (χ2v) is 5.91. The number of aromatic amines is 2. The predicted octanol–water partition coefficient (Wildman–Crippen LogP) is 1.61. The van der Waals surface area contributed by atoms with Gasteiger partial charge < -0.3 is 4.98 Å². The van der Waals surface area contributed by atoms with Crippen LogP contribution in [0.2, 0.25) is 5.02 Å². The lowest BCUT2D eigenvalue weighted by Crippen LogP contribution is -2.23. The van der Waals surface area contributed by atoms with Crippen molar-refractivity contribution in [2.24, 2.45) is 0 Å². The van der Waals surface area contributed by atoms with Crippen molar-refractivity contribution in [3.05, 3.63) is 67.7 Å². The van der Waals surface area contributed by atoms with Crippen molar-refractivity contribution in [2.45, 2.75) is 11.6 Å². The van der Waals surface area contributed by atoms with Gasteiger partial charge in [-0.05, 0) is 30.5 Å². The topological polar surface area (TPSA) is 96.4 Å². The van der Waals surface area contributed by atoms with Crippen LogP contribution >= 0.6 is 23.4 Å². The summed E-state index contributed by atoms with van der Waals surface area (Å²) in [5, 5.41) is 9.64. The first-order valence-corrected chi connectivity index (χ1v) is 8.24. The molecule has 2 aromatic heterocycles. The molecule has 3 rings (SSSR count). The van der Waals surface area contributed by atoms with Gasteiger partial charge >= 0.3 is 5.69 Å². The van der Waals surface area contributed by atoms with Crippen molar-refractivity contribution >= 4 is 23.4 Å². The van der Waals surface area contributed by atoms with E-state index in [1.54, 1.807) is 12.1 Å². The summed E-state index contributed by atoms with van der Waals surface area (Å²) >= 11 is 7.38. The Morgan fingerprint density at radius 1 is 1.17 bits per heavy atom. The summed E-state index contributed by atoms with van der Waals surface area (Å²) in [5.41, 5.74) is 0.321. The van der Waals surface area contributed by atoms with Gasteiger partial charge in [0, 0.05) is 28.9 Å². The third-order valence-electron chi connectivity index (χ3n) is 3.13. The first kappa shape index (κ1) is 15.6. The molecule has 0 aliphatic carbocycles. The fourth-order valence-electron chi connectivity index (χ4n) is 2.18. The van der Waals surface area contributed by atoms with Gasteiger partial charge in [0.15, 0.2) is 5.16 Å². The van der Waals surface area contributed by atoms with Gasteiger partial charge in [0.2, 0.25) is 0 Å². The number of halogens is 1. The van der Waals surface area contributed by atoms with E-state index in [2.05, 4.69) is 20.2 Å². The maximum Gasteiger partial charge on any atom is 0.325 e. The van der Waals surface area contributed by atoms with E-state index < -0.39 is 11.2 Å². The molecule has 0 amide bonds. The molecule has 0 fully saturated rings. The van der Waals surface area contributed by atoms with Gasteiger partial charge in [-0.25, -0.2) is 4.79 Å². The predicted molar refractivity (Wildman–Crippen MR) is 88.6 cm³/mol. The number of nitrogens with one attached hydrogen (secondary N) is 2. The highest BCUT2D eigenvalue weighted by Crippen LogP contribution is 2.22. The van der Waals surface area contributed by atoms with Gasteiger partial charge in [-0.2, -0.15) is 0 Å². The monoisotopic (exact) mass is 349 g/mol. The minimum atomic E-state index is -0.546. The van der Waals surface area contributed by atoms with Crippen LogP contribution in [0.15, 0.2) is 45.1 Å². The highest BCUT2D eigenvalue weighted by atomic mass is 35.5. The highest BCUT2D eigenvalue weighted by Gasteiger charge is 2.14. The molecule has 23 heavy (non-hydrogen) atoms. The summed E-state index contributed by atoms with van der Waals surface area (Å²) in [6.07, 6.45) is 2.17. The molecule has 0 radical (unpaired) electrons. The third-order valence-corrected chi connectivity index (χ3v) is 4.01. The fraction of sp³-hybridized carbons (Fsp3) is 0.143. The summed E-state index contributed by atoms with van der Waals surface area (Å²) in [6.45, 7) is 0. The van der Waals surface area contributed by atoms with Crippen molar-refractivity contribution in [1.29, 1.82) is 0 Å². The SMILES string of the molecule is CSc1nnc(Cc2cc(=O)[nH]c(=O)[nH]2)n1-c1ccc(Cl)cc1. The van der Waals surface area contributed by atoms with Gasteiger partial charge in [-0.3, -0.25) is 14.3 Å². The number of H-pyrrole nitrogens is 2. The Morgan fingerprint density at radius 2 is 1.91 bits per heavy atom. The van der Waals surface area contributed by atoms with Crippen molar-refractivity contribution in [3.63, 3.8) is 0 Å². The van der Waals surface area contributed by atoms with Gasteiger partial charge in [-0.15, -0.1) is 10.2 Å². The second-order valence-electron chi connectivity index (χ2n) is 4.70. The van der Waals surface area contributed by atoms with E-state index in [0.29, 0.717) is 21.7 Å². The van der Waals surface area contributed by atoms with E-state index in [4.69, 9.17) is 11.6 Å². The Bertz CT molecular complexity index is 917. The third kappa shape index (κ3) is 3.38. The molecule has 0 bridgehead atoms. The molecule has 0 spiro atoms. The molecular formula is C14H12ClN5O2S. The smallest absolute Gasteiger partial charge is 0.311 e. The van der Waals surface area contributed by atoms with E-state index in [9.17, 15) is 9.59 Å². The number of aromatic nitrogens is 5. The maximum atomic E-state index is 11.4. The number of nitrogens with zero attached hydrogens (tertiary/aromatic N) is 3. The first-order chi connectivity index (χ1) is 11.1. The minimum absolute atomic E-state index is 0.273. The largest absolute Gasteiger partial charge is 0.325 e. The highest BCUT2D eigenvalue weighted by molar-refractivity contribution is 7.98. The molecule has 0 unspecified atom stereocenters. The molecule has 0 aliphatic rings. The van der Waals surface area contributed by atoms with Crippen molar-refractivity contribution in [1.82, 2.24) is 24.7 Å². The zero-order valence-corrected chi connectivity index (χ0v) is 13.6.